The molecule has 1 heterocycles. The summed E-state index contributed by atoms with van der Waals surface area (Å²) >= 11 is 1.51. The van der Waals surface area contributed by atoms with Crippen molar-refractivity contribution in [2.75, 3.05) is 24.2 Å². The van der Waals surface area contributed by atoms with Gasteiger partial charge in [0.2, 0.25) is 0 Å². The molecule has 16 heavy (non-hydrogen) atoms. The lowest BCUT2D eigenvalue weighted by Gasteiger charge is -2.20. The lowest BCUT2D eigenvalue weighted by molar-refractivity contribution is -0.135. The predicted octanol–water partition coefficient (Wildman–Crippen LogP) is 1.50. The molecule has 5 nitrogen and oxygen atoms in total. The number of nitrogens with zero attached hydrogens (tertiary/aromatic N) is 3. The summed E-state index contributed by atoms with van der Waals surface area (Å²) < 4.78 is 0. The Morgan fingerprint density at radius 1 is 1.56 bits per heavy atom. The molecule has 0 atom stereocenters. The Labute approximate surface area is 98.9 Å². The van der Waals surface area contributed by atoms with Crippen LogP contribution in [0.25, 0.3) is 0 Å². The highest BCUT2D eigenvalue weighted by Gasteiger charge is 2.11. The Bertz CT molecular complexity index is 360. The second-order valence-corrected chi connectivity index (χ2v) is 4.06. The van der Waals surface area contributed by atoms with Crippen LogP contribution in [-0.4, -0.2) is 40.4 Å². The van der Waals surface area contributed by atoms with Crippen LogP contribution in [0, 0.1) is 0 Å². The average Bonchev–Trinajstić information content (AvgIpc) is 2.28. The summed E-state index contributed by atoms with van der Waals surface area (Å²) in [5.74, 6) is -0.179. The summed E-state index contributed by atoms with van der Waals surface area (Å²) in [6.45, 7) is 2.65. The maximum atomic E-state index is 10.7. The third-order valence-corrected chi connectivity index (χ3v) is 2.62. The van der Waals surface area contributed by atoms with Crippen LogP contribution in [0.2, 0.25) is 0 Å². The topological polar surface area (TPSA) is 66.3 Å². The summed E-state index contributed by atoms with van der Waals surface area (Å²) in [5, 5.41) is 9.65. The molecule has 1 aromatic rings. The third kappa shape index (κ3) is 3.69. The first-order valence-corrected chi connectivity index (χ1v) is 6.22. The standard InChI is InChI=1S/C10H15N3O2S/c1-3-4-13(6-10(14)15)8-5-9(16-2)12-7-11-8/h5,7H,3-4,6H2,1-2H3,(H,14,15). The van der Waals surface area contributed by atoms with Gasteiger partial charge in [0, 0.05) is 12.6 Å². The highest BCUT2D eigenvalue weighted by Crippen LogP contribution is 2.17. The van der Waals surface area contributed by atoms with E-state index in [-0.39, 0.29) is 6.54 Å². The van der Waals surface area contributed by atoms with Gasteiger partial charge in [-0.2, -0.15) is 0 Å². The van der Waals surface area contributed by atoms with E-state index < -0.39 is 5.97 Å². The van der Waals surface area contributed by atoms with Crippen molar-refractivity contribution in [1.29, 1.82) is 0 Å². The number of thioether (sulfide) groups is 1. The number of aliphatic carboxylic acids is 1. The predicted molar refractivity (Wildman–Crippen MR) is 64.0 cm³/mol. The summed E-state index contributed by atoms with van der Waals surface area (Å²) in [6.07, 6.45) is 4.27. The maximum Gasteiger partial charge on any atom is 0.323 e. The van der Waals surface area contributed by atoms with E-state index in [4.69, 9.17) is 5.11 Å². The number of hydrogen-bond acceptors (Lipinski definition) is 5. The molecule has 6 heteroatoms. The zero-order chi connectivity index (χ0) is 12.0. The molecule has 0 saturated heterocycles. The number of anilines is 1. The van der Waals surface area contributed by atoms with Crippen molar-refractivity contribution in [1.82, 2.24) is 9.97 Å². The molecule has 1 rings (SSSR count). The Morgan fingerprint density at radius 2 is 2.31 bits per heavy atom. The molecule has 0 aliphatic carbocycles. The molecule has 0 spiro atoms. The molecule has 0 aliphatic heterocycles. The van der Waals surface area contributed by atoms with Gasteiger partial charge in [-0.3, -0.25) is 4.79 Å². The van der Waals surface area contributed by atoms with E-state index >= 15 is 0 Å². The molecular weight excluding hydrogens is 226 g/mol. The number of rotatable bonds is 6. The Kier molecular flexibility index (Phi) is 5.04. The average molecular weight is 241 g/mol. The van der Waals surface area contributed by atoms with Gasteiger partial charge >= 0.3 is 5.97 Å². The molecule has 0 aromatic carbocycles. The smallest absolute Gasteiger partial charge is 0.323 e. The van der Waals surface area contributed by atoms with E-state index in [0.29, 0.717) is 12.4 Å². The van der Waals surface area contributed by atoms with Crippen LogP contribution in [0.4, 0.5) is 5.82 Å². The van der Waals surface area contributed by atoms with Crippen molar-refractivity contribution in [3.8, 4) is 0 Å². The first-order valence-electron chi connectivity index (χ1n) is 5.00. The van der Waals surface area contributed by atoms with Crippen LogP contribution >= 0.6 is 11.8 Å². The van der Waals surface area contributed by atoms with Crippen LogP contribution < -0.4 is 4.90 Å². The highest BCUT2D eigenvalue weighted by molar-refractivity contribution is 7.98. The fraction of sp³-hybridized carbons (Fsp3) is 0.500. The second-order valence-electron chi connectivity index (χ2n) is 3.23. The Hall–Kier alpha value is -1.30. The zero-order valence-electron chi connectivity index (χ0n) is 9.38. The van der Waals surface area contributed by atoms with Gasteiger partial charge in [0.05, 0.1) is 0 Å². The van der Waals surface area contributed by atoms with Gasteiger partial charge in [-0.1, -0.05) is 6.92 Å². The van der Waals surface area contributed by atoms with Gasteiger partial charge in [-0.15, -0.1) is 11.8 Å². The summed E-state index contributed by atoms with van der Waals surface area (Å²) in [4.78, 5) is 20.6. The summed E-state index contributed by atoms with van der Waals surface area (Å²) in [7, 11) is 0. The van der Waals surface area contributed by atoms with Crippen molar-refractivity contribution in [3.63, 3.8) is 0 Å². The number of hydrogen-bond donors (Lipinski definition) is 1. The number of carbonyl (C=O) groups is 1. The summed E-state index contributed by atoms with van der Waals surface area (Å²) in [6, 6.07) is 1.81. The molecule has 0 saturated carbocycles. The molecular formula is C10H15N3O2S. The van der Waals surface area contributed by atoms with Gasteiger partial charge in [0.15, 0.2) is 0 Å². The minimum atomic E-state index is -0.849. The van der Waals surface area contributed by atoms with E-state index in [1.165, 1.54) is 18.1 Å². The Balaban J connectivity index is 2.86. The highest BCUT2D eigenvalue weighted by atomic mass is 32.2. The lowest BCUT2D eigenvalue weighted by Crippen LogP contribution is -2.31. The molecule has 0 unspecified atom stereocenters. The monoisotopic (exact) mass is 241 g/mol. The molecule has 0 fully saturated rings. The number of carboxylic acids is 1. The third-order valence-electron chi connectivity index (χ3n) is 1.98. The SMILES string of the molecule is CCCN(CC(=O)O)c1cc(SC)ncn1. The van der Waals surface area contributed by atoms with Crippen molar-refractivity contribution in [2.45, 2.75) is 18.4 Å². The molecule has 0 amide bonds. The van der Waals surface area contributed by atoms with Crippen LogP contribution in [0.15, 0.2) is 17.4 Å². The molecule has 0 radical (unpaired) electrons. The quantitative estimate of drug-likeness (QED) is 0.601. The van der Waals surface area contributed by atoms with Crippen molar-refractivity contribution in [2.24, 2.45) is 0 Å². The van der Waals surface area contributed by atoms with Crippen LogP contribution in [0.1, 0.15) is 13.3 Å². The van der Waals surface area contributed by atoms with Gasteiger partial charge in [0.25, 0.3) is 0 Å². The van der Waals surface area contributed by atoms with E-state index in [1.807, 2.05) is 19.2 Å². The van der Waals surface area contributed by atoms with Gasteiger partial charge < -0.3 is 10.0 Å². The van der Waals surface area contributed by atoms with Crippen molar-refractivity contribution >= 4 is 23.5 Å². The zero-order valence-corrected chi connectivity index (χ0v) is 10.2. The molecule has 0 bridgehead atoms. The molecule has 0 aliphatic rings. The van der Waals surface area contributed by atoms with Crippen LogP contribution in [-0.2, 0) is 4.79 Å². The van der Waals surface area contributed by atoms with E-state index in [0.717, 1.165) is 11.4 Å². The van der Waals surface area contributed by atoms with Crippen LogP contribution in [0.3, 0.4) is 0 Å². The van der Waals surface area contributed by atoms with E-state index in [9.17, 15) is 4.79 Å². The molecule has 88 valence electrons. The first kappa shape index (κ1) is 12.8. The normalized spacial score (nSPS) is 10.1. The van der Waals surface area contributed by atoms with Crippen LogP contribution in [0.5, 0.6) is 0 Å². The fourth-order valence-corrected chi connectivity index (χ4v) is 1.70. The van der Waals surface area contributed by atoms with Crippen molar-refractivity contribution < 1.29 is 9.90 Å². The van der Waals surface area contributed by atoms with E-state index in [1.54, 1.807) is 4.90 Å². The summed E-state index contributed by atoms with van der Waals surface area (Å²) in [5.41, 5.74) is 0. The lowest BCUT2D eigenvalue weighted by atomic mass is 10.4. The van der Waals surface area contributed by atoms with Crippen molar-refractivity contribution in [3.05, 3.63) is 12.4 Å². The van der Waals surface area contributed by atoms with Gasteiger partial charge in [-0.25, -0.2) is 9.97 Å². The fourth-order valence-electron chi connectivity index (χ4n) is 1.32. The molecule has 1 N–H and O–H groups in total. The molecule has 1 aromatic heterocycles. The Morgan fingerprint density at radius 3 is 2.88 bits per heavy atom. The second kappa shape index (κ2) is 6.32. The van der Waals surface area contributed by atoms with Gasteiger partial charge in [-0.05, 0) is 12.7 Å². The minimum absolute atomic E-state index is 0.0291. The number of aromatic nitrogens is 2. The largest absolute Gasteiger partial charge is 0.480 e. The van der Waals surface area contributed by atoms with Gasteiger partial charge in [0.1, 0.15) is 23.7 Å². The number of carboxylic acid groups (broad SMARTS) is 1. The maximum absolute atomic E-state index is 10.7. The minimum Gasteiger partial charge on any atom is -0.480 e. The van der Waals surface area contributed by atoms with E-state index in [2.05, 4.69) is 9.97 Å². The first-order chi connectivity index (χ1) is 7.67.